The monoisotopic (exact) mass is 443 g/mol. The maximum absolute atomic E-state index is 12.2. The standard InChI is InChI=1S/C22H29N5O5/c1-22(2,3)32-21(29)26-16-6-8-17(9-7-16)31-20(28)27-18-10-5-14(11-23-18)15-12-24-19(30-4)25-13-15/h5,10-13,16-17H,6-9H2,1-4H3,(H,26,29)(H,23,27,28)/t16-,17-. The normalized spacial score (nSPS) is 18.4. The quantitative estimate of drug-likeness (QED) is 0.712. The van der Waals surface area contributed by atoms with Crippen LogP contribution < -0.4 is 15.4 Å². The summed E-state index contributed by atoms with van der Waals surface area (Å²) in [7, 11) is 1.50. The molecule has 2 heterocycles. The van der Waals surface area contributed by atoms with Crippen LogP contribution in [0.25, 0.3) is 11.1 Å². The molecule has 0 spiro atoms. The highest BCUT2D eigenvalue weighted by Crippen LogP contribution is 2.23. The van der Waals surface area contributed by atoms with Crippen molar-refractivity contribution >= 4 is 18.0 Å². The molecule has 10 nitrogen and oxygen atoms in total. The lowest BCUT2D eigenvalue weighted by molar-refractivity contribution is 0.0440. The molecule has 32 heavy (non-hydrogen) atoms. The number of methoxy groups -OCH3 is 1. The van der Waals surface area contributed by atoms with E-state index in [1.54, 1.807) is 30.7 Å². The number of aromatic nitrogens is 3. The van der Waals surface area contributed by atoms with Crippen molar-refractivity contribution in [3.8, 4) is 17.1 Å². The van der Waals surface area contributed by atoms with Gasteiger partial charge in [0.1, 0.15) is 17.5 Å². The van der Waals surface area contributed by atoms with Crippen LogP contribution in [-0.2, 0) is 9.47 Å². The van der Waals surface area contributed by atoms with Crippen LogP contribution in [-0.4, -0.2) is 52.0 Å². The van der Waals surface area contributed by atoms with Gasteiger partial charge in [-0.05, 0) is 58.6 Å². The Morgan fingerprint density at radius 1 is 0.938 bits per heavy atom. The van der Waals surface area contributed by atoms with E-state index in [0.29, 0.717) is 31.5 Å². The molecule has 2 aromatic heterocycles. The topological polar surface area (TPSA) is 125 Å². The molecule has 3 rings (SSSR count). The third-order valence-electron chi connectivity index (χ3n) is 4.81. The van der Waals surface area contributed by atoms with Gasteiger partial charge in [0.25, 0.3) is 0 Å². The molecule has 0 aromatic carbocycles. The van der Waals surface area contributed by atoms with Crippen LogP contribution in [0.1, 0.15) is 46.5 Å². The summed E-state index contributed by atoms with van der Waals surface area (Å²) in [5, 5.41) is 5.51. The Morgan fingerprint density at radius 2 is 1.59 bits per heavy atom. The van der Waals surface area contributed by atoms with Crippen molar-refractivity contribution in [3.63, 3.8) is 0 Å². The Kier molecular flexibility index (Phi) is 7.45. The van der Waals surface area contributed by atoms with E-state index in [-0.39, 0.29) is 18.2 Å². The molecule has 2 amide bonds. The lowest BCUT2D eigenvalue weighted by Crippen LogP contribution is -2.42. The summed E-state index contributed by atoms with van der Waals surface area (Å²) in [5.74, 6) is 0.383. The van der Waals surface area contributed by atoms with Gasteiger partial charge in [0.2, 0.25) is 0 Å². The number of rotatable bonds is 5. The molecule has 2 aromatic rings. The van der Waals surface area contributed by atoms with Crippen LogP contribution in [0, 0.1) is 0 Å². The van der Waals surface area contributed by atoms with Crippen LogP contribution in [0.5, 0.6) is 6.01 Å². The number of ether oxygens (including phenoxy) is 3. The minimum Gasteiger partial charge on any atom is -0.467 e. The molecular formula is C22H29N5O5. The van der Waals surface area contributed by atoms with Gasteiger partial charge in [0.05, 0.1) is 7.11 Å². The average Bonchev–Trinajstić information content (AvgIpc) is 2.74. The summed E-state index contributed by atoms with van der Waals surface area (Å²) in [5.41, 5.74) is 1.06. The van der Waals surface area contributed by atoms with Crippen LogP contribution in [0.2, 0.25) is 0 Å². The molecule has 0 atom stereocenters. The van der Waals surface area contributed by atoms with Crippen molar-refractivity contribution in [1.29, 1.82) is 0 Å². The Hall–Kier alpha value is -3.43. The molecule has 1 saturated carbocycles. The fourth-order valence-corrected chi connectivity index (χ4v) is 3.29. The van der Waals surface area contributed by atoms with Gasteiger partial charge in [-0.2, -0.15) is 0 Å². The Balaban J connectivity index is 1.42. The lowest BCUT2D eigenvalue weighted by atomic mass is 9.93. The molecule has 1 aliphatic rings. The zero-order valence-corrected chi connectivity index (χ0v) is 18.8. The number of anilines is 1. The fraction of sp³-hybridized carbons (Fsp3) is 0.500. The van der Waals surface area contributed by atoms with Crippen molar-refractivity contribution in [2.75, 3.05) is 12.4 Å². The molecule has 0 aliphatic heterocycles. The number of carbonyl (C=O) groups is 2. The van der Waals surface area contributed by atoms with E-state index in [2.05, 4.69) is 25.6 Å². The molecule has 1 aliphatic carbocycles. The number of carbonyl (C=O) groups excluding carboxylic acids is 2. The second-order valence-electron chi connectivity index (χ2n) is 8.54. The average molecular weight is 444 g/mol. The largest absolute Gasteiger partial charge is 0.467 e. The second kappa shape index (κ2) is 10.3. The molecule has 0 unspecified atom stereocenters. The number of nitrogens with one attached hydrogen (secondary N) is 2. The summed E-state index contributed by atoms with van der Waals surface area (Å²) in [6, 6.07) is 3.80. The van der Waals surface area contributed by atoms with Crippen molar-refractivity contribution in [2.24, 2.45) is 0 Å². The van der Waals surface area contributed by atoms with E-state index < -0.39 is 17.8 Å². The zero-order valence-electron chi connectivity index (χ0n) is 18.8. The number of hydrogen-bond donors (Lipinski definition) is 2. The third kappa shape index (κ3) is 7.07. The summed E-state index contributed by atoms with van der Waals surface area (Å²) >= 11 is 0. The Morgan fingerprint density at radius 3 is 2.16 bits per heavy atom. The van der Waals surface area contributed by atoms with Gasteiger partial charge in [0, 0.05) is 35.8 Å². The van der Waals surface area contributed by atoms with Crippen molar-refractivity contribution in [1.82, 2.24) is 20.3 Å². The van der Waals surface area contributed by atoms with Crippen molar-refractivity contribution in [2.45, 2.75) is 64.2 Å². The number of amides is 2. The molecule has 2 N–H and O–H groups in total. The predicted octanol–water partition coefficient (Wildman–Crippen LogP) is 3.93. The maximum Gasteiger partial charge on any atom is 0.413 e. The third-order valence-corrected chi connectivity index (χ3v) is 4.81. The first-order chi connectivity index (χ1) is 15.2. The van der Waals surface area contributed by atoms with Crippen LogP contribution >= 0.6 is 0 Å². The van der Waals surface area contributed by atoms with Gasteiger partial charge in [-0.3, -0.25) is 5.32 Å². The zero-order chi connectivity index (χ0) is 23.1. The first-order valence-electron chi connectivity index (χ1n) is 10.5. The number of hydrogen-bond acceptors (Lipinski definition) is 8. The Bertz CT molecular complexity index is 904. The van der Waals surface area contributed by atoms with Crippen LogP contribution in [0.15, 0.2) is 30.7 Å². The Labute approximate surface area is 187 Å². The predicted molar refractivity (Wildman–Crippen MR) is 117 cm³/mol. The van der Waals surface area contributed by atoms with Crippen molar-refractivity contribution in [3.05, 3.63) is 30.7 Å². The summed E-state index contributed by atoms with van der Waals surface area (Å²) < 4.78 is 15.7. The molecule has 0 bridgehead atoms. The van der Waals surface area contributed by atoms with E-state index in [9.17, 15) is 9.59 Å². The minimum atomic E-state index is -0.554. The van der Waals surface area contributed by atoms with Gasteiger partial charge in [-0.1, -0.05) is 0 Å². The fourth-order valence-electron chi connectivity index (χ4n) is 3.29. The van der Waals surface area contributed by atoms with E-state index in [1.807, 2.05) is 20.8 Å². The maximum atomic E-state index is 12.2. The van der Waals surface area contributed by atoms with Gasteiger partial charge in [0.15, 0.2) is 0 Å². The molecule has 1 fully saturated rings. The second-order valence-corrected chi connectivity index (χ2v) is 8.54. The molecular weight excluding hydrogens is 414 g/mol. The summed E-state index contributed by atoms with van der Waals surface area (Å²) in [6.07, 6.45) is 6.47. The first-order valence-corrected chi connectivity index (χ1v) is 10.5. The lowest BCUT2D eigenvalue weighted by Gasteiger charge is -2.29. The molecule has 10 heteroatoms. The van der Waals surface area contributed by atoms with Crippen molar-refractivity contribution < 1.29 is 23.8 Å². The molecule has 172 valence electrons. The number of alkyl carbamates (subject to hydrolysis) is 1. The SMILES string of the molecule is COc1ncc(-c2ccc(NC(=O)O[C@H]3CC[C@H](NC(=O)OC(C)(C)C)CC3)nc2)cn1. The smallest absolute Gasteiger partial charge is 0.413 e. The van der Waals surface area contributed by atoms with Gasteiger partial charge in [-0.15, -0.1) is 0 Å². The highest BCUT2D eigenvalue weighted by atomic mass is 16.6. The van der Waals surface area contributed by atoms with E-state index in [4.69, 9.17) is 14.2 Å². The van der Waals surface area contributed by atoms with Gasteiger partial charge >= 0.3 is 18.2 Å². The molecule has 0 saturated heterocycles. The minimum absolute atomic E-state index is 0.0175. The van der Waals surface area contributed by atoms with Crippen LogP contribution in [0.3, 0.4) is 0 Å². The number of nitrogens with zero attached hydrogens (tertiary/aromatic N) is 3. The van der Waals surface area contributed by atoms with E-state index >= 15 is 0 Å². The van der Waals surface area contributed by atoms with Crippen LogP contribution in [0.4, 0.5) is 15.4 Å². The van der Waals surface area contributed by atoms with Gasteiger partial charge < -0.3 is 19.5 Å². The van der Waals surface area contributed by atoms with E-state index in [1.165, 1.54) is 7.11 Å². The molecule has 0 radical (unpaired) electrons. The van der Waals surface area contributed by atoms with E-state index in [0.717, 1.165) is 11.1 Å². The highest BCUT2D eigenvalue weighted by molar-refractivity contribution is 5.83. The number of pyridine rings is 1. The summed E-state index contributed by atoms with van der Waals surface area (Å²) in [4.78, 5) is 36.5. The summed E-state index contributed by atoms with van der Waals surface area (Å²) in [6.45, 7) is 5.48. The first kappa shape index (κ1) is 23.2. The highest BCUT2D eigenvalue weighted by Gasteiger charge is 2.26. The van der Waals surface area contributed by atoms with Gasteiger partial charge in [-0.25, -0.2) is 24.5 Å².